The quantitative estimate of drug-likeness (QED) is 0.806. The summed E-state index contributed by atoms with van der Waals surface area (Å²) in [5, 5.41) is 0. The van der Waals surface area contributed by atoms with Gasteiger partial charge in [0.2, 0.25) is 5.91 Å². The van der Waals surface area contributed by atoms with Crippen molar-refractivity contribution in [3.05, 3.63) is 30.1 Å². The number of nitrogens with zero attached hydrogens (tertiary/aromatic N) is 2. The second kappa shape index (κ2) is 7.85. The van der Waals surface area contributed by atoms with E-state index in [1.54, 1.807) is 12.4 Å². The zero-order valence-electron chi connectivity index (χ0n) is 11.7. The van der Waals surface area contributed by atoms with E-state index in [1.165, 1.54) is 0 Å². The van der Waals surface area contributed by atoms with Crippen LogP contribution in [0.15, 0.2) is 24.5 Å². The minimum absolute atomic E-state index is 0.236. The molecule has 18 heavy (non-hydrogen) atoms. The van der Waals surface area contributed by atoms with Crippen molar-refractivity contribution in [3.8, 4) is 0 Å². The molecule has 3 heteroatoms. The summed E-state index contributed by atoms with van der Waals surface area (Å²) in [6, 6.07) is 3.83. The lowest BCUT2D eigenvalue weighted by molar-refractivity contribution is -0.131. The van der Waals surface area contributed by atoms with Gasteiger partial charge >= 0.3 is 0 Å². The smallest absolute Gasteiger partial charge is 0.227 e. The van der Waals surface area contributed by atoms with Gasteiger partial charge in [-0.25, -0.2) is 0 Å². The van der Waals surface area contributed by atoms with Gasteiger partial charge in [0.05, 0.1) is 6.42 Å². The first-order valence-corrected chi connectivity index (χ1v) is 6.92. The van der Waals surface area contributed by atoms with Crippen LogP contribution in [-0.2, 0) is 11.2 Å². The molecular weight excluding hydrogens is 224 g/mol. The fraction of sp³-hybridized carbons (Fsp3) is 0.600. The molecule has 0 saturated carbocycles. The van der Waals surface area contributed by atoms with E-state index in [1.807, 2.05) is 30.9 Å². The van der Waals surface area contributed by atoms with Crippen LogP contribution in [0.5, 0.6) is 0 Å². The highest BCUT2D eigenvalue weighted by Crippen LogP contribution is 2.16. The Morgan fingerprint density at radius 1 is 1.39 bits per heavy atom. The highest BCUT2D eigenvalue weighted by molar-refractivity contribution is 5.78. The van der Waals surface area contributed by atoms with Crippen molar-refractivity contribution >= 4 is 5.91 Å². The number of rotatable bonds is 2. The minimum atomic E-state index is 0.236. The number of amides is 1. The van der Waals surface area contributed by atoms with E-state index in [0.717, 1.165) is 37.4 Å². The molecule has 0 radical (unpaired) electrons. The average Bonchev–Trinajstić information content (AvgIpc) is 2.43. The van der Waals surface area contributed by atoms with Gasteiger partial charge in [-0.15, -0.1) is 0 Å². The van der Waals surface area contributed by atoms with Gasteiger partial charge in [-0.1, -0.05) is 26.8 Å². The van der Waals surface area contributed by atoms with Gasteiger partial charge in [-0.3, -0.25) is 9.78 Å². The van der Waals surface area contributed by atoms with Gasteiger partial charge in [0, 0.05) is 25.5 Å². The first-order valence-electron chi connectivity index (χ1n) is 6.92. The number of hydrogen-bond acceptors (Lipinski definition) is 2. The Morgan fingerprint density at radius 3 is 2.61 bits per heavy atom. The van der Waals surface area contributed by atoms with Crippen LogP contribution in [-0.4, -0.2) is 28.9 Å². The standard InChI is InChI=1S/C13H18N2O.C2H6/c1-11-4-7-15(8-5-11)13(16)9-12-3-2-6-14-10-12;1-2/h2-3,6,10-11H,4-5,7-9H2,1H3;1-2H3. The average molecular weight is 248 g/mol. The normalized spacial score (nSPS) is 15.8. The van der Waals surface area contributed by atoms with Gasteiger partial charge < -0.3 is 4.90 Å². The number of pyridine rings is 1. The lowest BCUT2D eigenvalue weighted by atomic mass is 9.99. The zero-order valence-corrected chi connectivity index (χ0v) is 11.7. The van der Waals surface area contributed by atoms with E-state index >= 15 is 0 Å². The summed E-state index contributed by atoms with van der Waals surface area (Å²) in [5.74, 6) is 1.00. The van der Waals surface area contributed by atoms with Crippen molar-refractivity contribution in [2.45, 2.75) is 40.0 Å². The van der Waals surface area contributed by atoms with Gasteiger partial charge in [0.25, 0.3) is 0 Å². The van der Waals surface area contributed by atoms with Crippen LogP contribution in [0.25, 0.3) is 0 Å². The molecule has 1 aliphatic rings. The predicted octanol–water partition coefficient (Wildman–Crippen LogP) is 2.91. The molecule has 0 aliphatic carbocycles. The Hall–Kier alpha value is -1.38. The lowest BCUT2D eigenvalue weighted by Gasteiger charge is -2.30. The molecule has 0 spiro atoms. The molecule has 2 rings (SSSR count). The van der Waals surface area contributed by atoms with Crippen LogP contribution in [0.4, 0.5) is 0 Å². The third kappa shape index (κ3) is 4.47. The van der Waals surface area contributed by atoms with Crippen LogP contribution < -0.4 is 0 Å². The largest absolute Gasteiger partial charge is 0.342 e. The van der Waals surface area contributed by atoms with Crippen molar-refractivity contribution in [1.29, 1.82) is 0 Å². The van der Waals surface area contributed by atoms with E-state index in [2.05, 4.69) is 11.9 Å². The zero-order chi connectivity index (χ0) is 13.4. The minimum Gasteiger partial charge on any atom is -0.342 e. The fourth-order valence-corrected chi connectivity index (χ4v) is 2.05. The fourth-order valence-electron chi connectivity index (χ4n) is 2.05. The maximum Gasteiger partial charge on any atom is 0.227 e. The molecule has 1 saturated heterocycles. The van der Waals surface area contributed by atoms with E-state index in [-0.39, 0.29) is 5.91 Å². The Kier molecular flexibility index (Phi) is 6.40. The van der Waals surface area contributed by atoms with E-state index in [0.29, 0.717) is 6.42 Å². The van der Waals surface area contributed by atoms with E-state index in [9.17, 15) is 4.79 Å². The van der Waals surface area contributed by atoms with Gasteiger partial charge in [-0.2, -0.15) is 0 Å². The number of likely N-dealkylation sites (tertiary alicyclic amines) is 1. The number of hydrogen-bond donors (Lipinski definition) is 0. The third-order valence-corrected chi connectivity index (χ3v) is 3.21. The Labute approximate surface area is 110 Å². The maximum absolute atomic E-state index is 12.0. The predicted molar refractivity (Wildman–Crippen MR) is 74.3 cm³/mol. The summed E-state index contributed by atoms with van der Waals surface area (Å²) in [7, 11) is 0. The molecule has 1 fully saturated rings. The van der Waals surface area contributed by atoms with Crippen molar-refractivity contribution < 1.29 is 4.79 Å². The van der Waals surface area contributed by atoms with Gasteiger partial charge in [0.1, 0.15) is 0 Å². The molecule has 0 N–H and O–H groups in total. The third-order valence-electron chi connectivity index (χ3n) is 3.21. The number of carbonyl (C=O) groups is 1. The highest BCUT2D eigenvalue weighted by atomic mass is 16.2. The monoisotopic (exact) mass is 248 g/mol. The van der Waals surface area contributed by atoms with Gasteiger partial charge in [0.15, 0.2) is 0 Å². The SMILES string of the molecule is CC.CC1CCN(C(=O)Cc2cccnc2)CC1. The number of piperidine rings is 1. The van der Waals surface area contributed by atoms with E-state index in [4.69, 9.17) is 0 Å². The molecule has 2 heterocycles. The molecule has 1 aromatic rings. The summed E-state index contributed by atoms with van der Waals surface area (Å²) >= 11 is 0. The topological polar surface area (TPSA) is 33.2 Å². The maximum atomic E-state index is 12.0. The summed E-state index contributed by atoms with van der Waals surface area (Å²) in [5.41, 5.74) is 1.01. The molecule has 1 amide bonds. The molecule has 1 aromatic heterocycles. The molecule has 100 valence electrons. The summed E-state index contributed by atoms with van der Waals surface area (Å²) in [6.07, 6.45) is 6.26. The van der Waals surface area contributed by atoms with Crippen molar-refractivity contribution in [1.82, 2.24) is 9.88 Å². The lowest BCUT2D eigenvalue weighted by Crippen LogP contribution is -2.38. The van der Waals surface area contributed by atoms with Crippen LogP contribution in [0.1, 0.15) is 39.2 Å². The Bertz CT molecular complexity index is 343. The Balaban J connectivity index is 0.000000771. The highest BCUT2D eigenvalue weighted by Gasteiger charge is 2.20. The Morgan fingerprint density at radius 2 is 2.06 bits per heavy atom. The molecule has 0 atom stereocenters. The van der Waals surface area contributed by atoms with Crippen LogP contribution in [0.3, 0.4) is 0 Å². The van der Waals surface area contributed by atoms with E-state index < -0.39 is 0 Å². The van der Waals surface area contributed by atoms with Crippen LogP contribution in [0.2, 0.25) is 0 Å². The summed E-state index contributed by atoms with van der Waals surface area (Å²) in [6.45, 7) is 8.09. The van der Waals surface area contributed by atoms with Crippen molar-refractivity contribution in [2.24, 2.45) is 5.92 Å². The van der Waals surface area contributed by atoms with Crippen molar-refractivity contribution in [2.75, 3.05) is 13.1 Å². The van der Waals surface area contributed by atoms with Crippen LogP contribution >= 0.6 is 0 Å². The second-order valence-electron chi connectivity index (χ2n) is 4.60. The van der Waals surface area contributed by atoms with Gasteiger partial charge in [-0.05, 0) is 30.4 Å². The molecular formula is C15H24N2O. The molecule has 0 bridgehead atoms. The number of carbonyl (C=O) groups excluding carboxylic acids is 1. The first kappa shape index (κ1) is 14.7. The number of aromatic nitrogens is 1. The first-order chi connectivity index (χ1) is 8.75. The molecule has 3 nitrogen and oxygen atoms in total. The van der Waals surface area contributed by atoms with Crippen LogP contribution in [0, 0.1) is 5.92 Å². The molecule has 0 aromatic carbocycles. The molecule has 1 aliphatic heterocycles. The summed E-state index contributed by atoms with van der Waals surface area (Å²) < 4.78 is 0. The second-order valence-corrected chi connectivity index (χ2v) is 4.60. The molecule has 0 unspecified atom stereocenters. The van der Waals surface area contributed by atoms with Crippen molar-refractivity contribution in [3.63, 3.8) is 0 Å². The summed E-state index contributed by atoms with van der Waals surface area (Å²) in [4.78, 5) is 18.0.